The van der Waals surface area contributed by atoms with Crippen LogP contribution in [0.5, 0.6) is 17.2 Å². The van der Waals surface area contributed by atoms with Crippen molar-refractivity contribution in [1.29, 1.82) is 0 Å². The molecule has 4 rings (SSSR count). The number of carboxylic acid groups (broad SMARTS) is 3. The van der Waals surface area contributed by atoms with Crippen LogP contribution in [0.1, 0.15) is 57.1 Å². The summed E-state index contributed by atoms with van der Waals surface area (Å²) in [5.41, 5.74) is -1.84. The molecule has 2 aromatic carbocycles. The number of likely N-dealkylation sites (tertiary alicyclic amines) is 1. The number of fused-ring (bicyclic) bond motifs is 1. The van der Waals surface area contributed by atoms with E-state index in [1.54, 1.807) is 12.1 Å². The van der Waals surface area contributed by atoms with Crippen molar-refractivity contribution in [2.45, 2.75) is 63.6 Å². The Morgan fingerprint density at radius 2 is 1.61 bits per heavy atom. The van der Waals surface area contributed by atoms with Gasteiger partial charge in [0.2, 0.25) is 12.7 Å². The van der Waals surface area contributed by atoms with Crippen molar-refractivity contribution in [3.63, 3.8) is 0 Å². The Kier molecular flexibility index (Phi) is 11.5. The number of nitrogens with one attached hydrogen (secondary N) is 1. The molecule has 0 radical (unpaired) electrons. The van der Waals surface area contributed by atoms with E-state index >= 15 is 0 Å². The fourth-order valence-corrected chi connectivity index (χ4v) is 5.13. The maximum atomic E-state index is 14.6. The summed E-state index contributed by atoms with van der Waals surface area (Å²) >= 11 is 0. The standard InChI is InChI=1S/C24H29FN2O4.C6H8O7/c1-3-12-29-21-14-23-22(30-16-31-23)13-18(21)15-27-10-8-24(9-11-27,26-17(2)28)19-6-4-5-7-20(19)25;7-3(8)1-6(13,5(11)12)2-4(9)10/h4-7,13-14H,3,8-12,15-16H2,1-2H3,(H,26,28);13H,1-2H2,(H,7,8)(H,9,10)(H,11,12). The zero-order valence-electron chi connectivity index (χ0n) is 24.5. The molecule has 0 saturated carbocycles. The van der Waals surface area contributed by atoms with Gasteiger partial charge in [-0.25, -0.2) is 9.18 Å². The lowest BCUT2D eigenvalue weighted by Gasteiger charge is -2.43. The normalized spacial score (nSPS) is 15.5. The van der Waals surface area contributed by atoms with Crippen LogP contribution in [-0.4, -0.2) is 81.2 Å². The first-order chi connectivity index (χ1) is 20.8. The van der Waals surface area contributed by atoms with E-state index in [-0.39, 0.29) is 18.5 Å². The molecule has 0 bridgehead atoms. The van der Waals surface area contributed by atoms with Gasteiger partial charge in [0.25, 0.3) is 0 Å². The van der Waals surface area contributed by atoms with Crippen LogP contribution in [0.3, 0.4) is 0 Å². The second-order valence-corrected chi connectivity index (χ2v) is 10.7. The number of aliphatic hydroxyl groups is 1. The molecule has 2 aromatic rings. The molecule has 2 aliphatic heterocycles. The Balaban J connectivity index is 0.000000345. The van der Waals surface area contributed by atoms with E-state index in [0.717, 1.165) is 36.6 Å². The minimum atomic E-state index is -2.74. The number of carbonyl (C=O) groups excluding carboxylic acids is 1. The lowest BCUT2D eigenvalue weighted by molar-refractivity contribution is -0.170. The summed E-state index contributed by atoms with van der Waals surface area (Å²) in [7, 11) is 0. The summed E-state index contributed by atoms with van der Waals surface area (Å²) in [4.78, 5) is 44.7. The zero-order valence-corrected chi connectivity index (χ0v) is 24.5. The molecule has 2 aliphatic rings. The zero-order chi connectivity index (χ0) is 32.5. The lowest BCUT2D eigenvalue weighted by atomic mass is 9.80. The van der Waals surface area contributed by atoms with Gasteiger partial charge in [0.05, 0.1) is 25.0 Å². The Bertz CT molecular complexity index is 1340. The molecular formula is C30H37FN2O11. The van der Waals surface area contributed by atoms with Gasteiger partial charge in [-0.3, -0.25) is 19.3 Å². The molecular weight excluding hydrogens is 583 g/mol. The summed E-state index contributed by atoms with van der Waals surface area (Å²) in [6.45, 7) is 6.53. The predicted octanol–water partition coefficient (Wildman–Crippen LogP) is 2.72. The highest BCUT2D eigenvalue weighted by Crippen LogP contribution is 2.40. The quantitative estimate of drug-likeness (QED) is 0.233. The maximum absolute atomic E-state index is 14.6. The van der Waals surface area contributed by atoms with E-state index in [2.05, 4.69) is 17.1 Å². The van der Waals surface area contributed by atoms with Gasteiger partial charge in [-0.2, -0.15) is 0 Å². The highest BCUT2D eigenvalue weighted by molar-refractivity contribution is 5.88. The molecule has 13 nitrogen and oxygen atoms in total. The Hall–Kier alpha value is -4.43. The number of carboxylic acids is 3. The van der Waals surface area contributed by atoms with E-state index < -0.39 is 41.9 Å². The number of carbonyl (C=O) groups is 4. The second kappa shape index (κ2) is 14.8. The number of amides is 1. The number of piperidine rings is 1. The largest absolute Gasteiger partial charge is 0.493 e. The third-order valence-corrected chi connectivity index (χ3v) is 7.21. The van der Waals surface area contributed by atoms with E-state index in [9.17, 15) is 23.6 Å². The number of hydrogen-bond donors (Lipinski definition) is 5. The topological polar surface area (TPSA) is 192 Å². The highest BCUT2D eigenvalue weighted by Gasteiger charge is 2.41. The van der Waals surface area contributed by atoms with Crippen LogP contribution < -0.4 is 19.5 Å². The summed E-state index contributed by atoms with van der Waals surface area (Å²) < 4.78 is 31.6. The number of aliphatic carboxylic acids is 3. The summed E-state index contributed by atoms with van der Waals surface area (Å²) in [6.07, 6.45) is -0.116. The van der Waals surface area contributed by atoms with Crippen molar-refractivity contribution >= 4 is 23.8 Å². The predicted molar refractivity (Wildman–Crippen MR) is 152 cm³/mol. The molecule has 240 valence electrons. The van der Waals surface area contributed by atoms with Crippen LogP contribution in [-0.2, 0) is 31.3 Å². The van der Waals surface area contributed by atoms with E-state index in [1.165, 1.54) is 13.0 Å². The van der Waals surface area contributed by atoms with Gasteiger partial charge >= 0.3 is 17.9 Å². The molecule has 14 heteroatoms. The lowest BCUT2D eigenvalue weighted by Crippen LogP contribution is -2.52. The molecule has 44 heavy (non-hydrogen) atoms. The Morgan fingerprint density at radius 1 is 1.02 bits per heavy atom. The number of ether oxygens (including phenoxy) is 3. The molecule has 1 saturated heterocycles. The Labute approximate surface area is 253 Å². The number of nitrogens with zero attached hydrogens (tertiary/aromatic N) is 1. The van der Waals surface area contributed by atoms with E-state index in [1.807, 2.05) is 18.2 Å². The summed E-state index contributed by atoms with van der Waals surface area (Å²) in [5, 5.41) is 36.9. The van der Waals surface area contributed by atoms with Gasteiger partial charge in [-0.1, -0.05) is 25.1 Å². The number of rotatable bonds is 12. The average Bonchev–Trinajstić information content (AvgIpc) is 3.39. The Morgan fingerprint density at radius 3 is 2.14 bits per heavy atom. The van der Waals surface area contributed by atoms with Gasteiger partial charge in [0.1, 0.15) is 11.6 Å². The number of benzene rings is 2. The molecule has 0 atom stereocenters. The van der Waals surface area contributed by atoms with E-state index in [4.69, 9.17) is 34.6 Å². The van der Waals surface area contributed by atoms with Crippen molar-refractivity contribution in [3.8, 4) is 17.2 Å². The fourth-order valence-electron chi connectivity index (χ4n) is 5.13. The minimum Gasteiger partial charge on any atom is -0.493 e. The summed E-state index contributed by atoms with van der Waals surface area (Å²) in [5.74, 6) is -3.21. The monoisotopic (exact) mass is 620 g/mol. The van der Waals surface area contributed by atoms with Crippen LogP contribution >= 0.6 is 0 Å². The first-order valence-electron chi connectivity index (χ1n) is 14.0. The van der Waals surface area contributed by atoms with Crippen LogP contribution in [0.2, 0.25) is 0 Å². The van der Waals surface area contributed by atoms with Gasteiger partial charge in [-0.15, -0.1) is 0 Å². The van der Waals surface area contributed by atoms with Crippen molar-refractivity contribution < 1.29 is 58.2 Å². The van der Waals surface area contributed by atoms with E-state index in [0.29, 0.717) is 37.3 Å². The molecule has 5 N–H and O–H groups in total. The summed E-state index contributed by atoms with van der Waals surface area (Å²) in [6, 6.07) is 10.6. The molecule has 1 fully saturated rings. The first-order valence-corrected chi connectivity index (χ1v) is 14.0. The van der Waals surface area contributed by atoms with Gasteiger partial charge in [-0.05, 0) is 31.4 Å². The third-order valence-electron chi connectivity index (χ3n) is 7.21. The van der Waals surface area contributed by atoms with Crippen molar-refractivity contribution in [3.05, 3.63) is 53.3 Å². The molecule has 1 amide bonds. The van der Waals surface area contributed by atoms with Gasteiger partial charge in [0.15, 0.2) is 17.1 Å². The third kappa shape index (κ3) is 8.80. The molecule has 0 unspecified atom stereocenters. The maximum Gasteiger partial charge on any atom is 0.336 e. The van der Waals surface area contributed by atoms with Crippen LogP contribution in [0, 0.1) is 5.82 Å². The minimum absolute atomic E-state index is 0.150. The fraction of sp³-hybridized carbons (Fsp3) is 0.467. The van der Waals surface area contributed by atoms with Gasteiger partial charge in [0, 0.05) is 43.8 Å². The van der Waals surface area contributed by atoms with Crippen LogP contribution in [0.15, 0.2) is 36.4 Å². The number of hydrogen-bond acceptors (Lipinski definition) is 9. The molecule has 0 aliphatic carbocycles. The van der Waals surface area contributed by atoms with Crippen molar-refractivity contribution in [2.75, 3.05) is 26.5 Å². The van der Waals surface area contributed by atoms with Crippen LogP contribution in [0.4, 0.5) is 4.39 Å². The number of halogens is 1. The SMILES string of the molecule is CCCOc1cc2c(cc1CN1CCC(NC(C)=O)(c3ccccc3F)CC1)OCO2.O=C(O)CC(O)(CC(=O)O)C(=O)O. The van der Waals surface area contributed by atoms with Crippen molar-refractivity contribution in [2.24, 2.45) is 0 Å². The second-order valence-electron chi connectivity index (χ2n) is 10.7. The van der Waals surface area contributed by atoms with Crippen LogP contribution in [0.25, 0.3) is 0 Å². The average molecular weight is 621 g/mol. The highest BCUT2D eigenvalue weighted by atomic mass is 19.1. The first kappa shape index (κ1) is 34.1. The van der Waals surface area contributed by atoms with Crippen molar-refractivity contribution in [1.82, 2.24) is 10.2 Å². The van der Waals surface area contributed by atoms with Gasteiger partial charge < -0.3 is 40.0 Å². The smallest absolute Gasteiger partial charge is 0.336 e. The molecule has 0 aromatic heterocycles. The molecule has 2 heterocycles. The molecule has 0 spiro atoms.